The predicted octanol–water partition coefficient (Wildman–Crippen LogP) is 2.03. The van der Waals surface area contributed by atoms with Gasteiger partial charge in [0, 0.05) is 43.2 Å². The van der Waals surface area contributed by atoms with Crippen molar-refractivity contribution in [3.8, 4) is 0 Å². The van der Waals surface area contributed by atoms with Crippen molar-refractivity contribution in [2.24, 2.45) is 5.41 Å². The summed E-state index contributed by atoms with van der Waals surface area (Å²) in [5.74, 6) is 0.335. The lowest BCUT2D eigenvalue weighted by Crippen LogP contribution is -2.44. The first kappa shape index (κ1) is 16.8. The molecule has 26 heavy (non-hydrogen) atoms. The van der Waals surface area contributed by atoms with E-state index >= 15 is 0 Å². The Morgan fingerprint density at radius 2 is 2.08 bits per heavy atom. The van der Waals surface area contributed by atoms with Crippen LogP contribution in [0.3, 0.4) is 0 Å². The zero-order valence-corrected chi connectivity index (χ0v) is 14.9. The van der Waals surface area contributed by atoms with Gasteiger partial charge in [0.15, 0.2) is 0 Å². The predicted molar refractivity (Wildman–Crippen MR) is 93.1 cm³/mol. The Labute approximate surface area is 152 Å². The minimum atomic E-state index is -0.123. The molecular formula is C19H22N4O3. The molecule has 0 atom stereocenters. The first-order valence-electron chi connectivity index (χ1n) is 8.95. The minimum absolute atomic E-state index is 0.0287. The number of carbonyl (C=O) groups excluding carboxylic acids is 2. The van der Waals surface area contributed by atoms with Crippen LogP contribution in [0.1, 0.15) is 41.2 Å². The van der Waals surface area contributed by atoms with Crippen LogP contribution in [-0.4, -0.2) is 51.4 Å². The number of nitrogens with zero attached hydrogens (tertiary/aromatic N) is 4. The molecule has 4 rings (SSSR count). The third-order valence-electron chi connectivity index (χ3n) is 5.46. The highest BCUT2D eigenvalue weighted by Crippen LogP contribution is 2.41. The second-order valence-electron chi connectivity index (χ2n) is 7.37. The van der Waals surface area contributed by atoms with Gasteiger partial charge < -0.3 is 14.3 Å². The molecule has 7 heteroatoms. The average Bonchev–Trinajstić information content (AvgIpc) is 3.24. The minimum Gasteiger partial charge on any atom is -0.351 e. The van der Waals surface area contributed by atoms with Gasteiger partial charge in [0.2, 0.25) is 11.7 Å². The van der Waals surface area contributed by atoms with Crippen LogP contribution in [0.4, 0.5) is 0 Å². The van der Waals surface area contributed by atoms with Crippen molar-refractivity contribution < 1.29 is 14.1 Å². The van der Waals surface area contributed by atoms with E-state index in [2.05, 4.69) is 10.1 Å². The van der Waals surface area contributed by atoms with Crippen molar-refractivity contribution in [3.63, 3.8) is 0 Å². The van der Waals surface area contributed by atoms with Crippen LogP contribution in [-0.2, 0) is 11.3 Å². The fourth-order valence-electron chi connectivity index (χ4n) is 4.01. The van der Waals surface area contributed by atoms with Crippen LogP contribution in [0.15, 0.2) is 35.0 Å². The molecule has 2 amide bonds. The van der Waals surface area contributed by atoms with Crippen molar-refractivity contribution >= 4 is 11.8 Å². The zero-order chi connectivity index (χ0) is 18.1. The van der Waals surface area contributed by atoms with E-state index in [9.17, 15) is 9.59 Å². The van der Waals surface area contributed by atoms with Crippen molar-refractivity contribution in [1.29, 1.82) is 0 Å². The molecule has 0 unspecified atom stereocenters. The van der Waals surface area contributed by atoms with Gasteiger partial charge in [0.1, 0.15) is 0 Å². The lowest BCUT2D eigenvalue weighted by Gasteiger charge is -2.38. The van der Waals surface area contributed by atoms with E-state index < -0.39 is 0 Å². The molecule has 2 fully saturated rings. The maximum atomic E-state index is 12.5. The Morgan fingerprint density at radius 1 is 1.27 bits per heavy atom. The molecule has 2 saturated heterocycles. The zero-order valence-electron chi connectivity index (χ0n) is 14.9. The molecule has 2 aliphatic rings. The standard InChI is InChI=1S/C19H22N4O3/c1-14-3-2-4-15(21-14)12-23-13-19(11-17(23)24)6-9-22(10-7-19)18(25)16-5-8-20-26-16/h2-5,8H,6-7,9-13H2,1H3. The molecule has 1 spiro atoms. The van der Waals surface area contributed by atoms with Gasteiger partial charge in [-0.15, -0.1) is 0 Å². The molecule has 0 saturated carbocycles. The molecular weight excluding hydrogens is 332 g/mol. The molecule has 0 bridgehead atoms. The fourth-order valence-corrected chi connectivity index (χ4v) is 4.01. The van der Waals surface area contributed by atoms with E-state index in [0.717, 1.165) is 30.8 Å². The Hall–Kier alpha value is -2.70. The van der Waals surface area contributed by atoms with Gasteiger partial charge in [-0.3, -0.25) is 14.6 Å². The molecule has 0 aromatic carbocycles. The van der Waals surface area contributed by atoms with Crippen LogP contribution in [0.25, 0.3) is 0 Å². The third kappa shape index (κ3) is 3.21. The van der Waals surface area contributed by atoms with E-state index in [1.807, 2.05) is 30.0 Å². The summed E-state index contributed by atoms with van der Waals surface area (Å²) in [7, 11) is 0. The SMILES string of the molecule is Cc1cccc(CN2CC3(CCN(C(=O)c4ccno4)CC3)CC2=O)n1. The summed E-state index contributed by atoms with van der Waals surface area (Å²) in [5.41, 5.74) is 1.86. The monoisotopic (exact) mass is 354 g/mol. The number of carbonyl (C=O) groups is 2. The summed E-state index contributed by atoms with van der Waals surface area (Å²) in [6.45, 7) is 4.54. The second-order valence-corrected chi connectivity index (χ2v) is 7.37. The molecule has 136 valence electrons. The summed E-state index contributed by atoms with van der Waals surface area (Å²) in [6.07, 6.45) is 3.70. The first-order chi connectivity index (χ1) is 12.5. The molecule has 2 aromatic rings. The lowest BCUT2D eigenvalue weighted by atomic mass is 9.77. The van der Waals surface area contributed by atoms with E-state index in [1.165, 1.54) is 6.20 Å². The number of aromatic nitrogens is 2. The van der Waals surface area contributed by atoms with Crippen molar-refractivity contribution in [3.05, 3.63) is 47.6 Å². The molecule has 7 nitrogen and oxygen atoms in total. The topological polar surface area (TPSA) is 79.5 Å². The highest BCUT2D eigenvalue weighted by molar-refractivity contribution is 5.91. The number of hydrogen-bond acceptors (Lipinski definition) is 5. The fraction of sp³-hybridized carbons (Fsp3) is 0.474. The van der Waals surface area contributed by atoms with E-state index in [4.69, 9.17) is 4.52 Å². The number of piperidine rings is 1. The lowest BCUT2D eigenvalue weighted by molar-refractivity contribution is -0.128. The number of likely N-dealkylation sites (tertiary alicyclic amines) is 2. The van der Waals surface area contributed by atoms with Gasteiger partial charge in [-0.1, -0.05) is 11.2 Å². The van der Waals surface area contributed by atoms with E-state index in [0.29, 0.717) is 26.1 Å². The third-order valence-corrected chi connectivity index (χ3v) is 5.46. The quantitative estimate of drug-likeness (QED) is 0.843. The van der Waals surface area contributed by atoms with Crippen LogP contribution in [0.5, 0.6) is 0 Å². The van der Waals surface area contributed by atoms with Gasteiger partial charge >= 0.3 is 0 Å². The van der Waals surface area contributed by atoms with E-state index in [1.54, 1.807) is 11.0 Å². The summed E-state index contributed by atoms with van der Waals surface area (Å²) >= 11 is 0. The molecule has 2 aliphatic heterocycles. The van der Waals surface area contributed by atoms with Crippen LogP contribution < -0.4 is 0 Å². The molecule has 2 aromatic heterocycles. The number of pyridine rings is 1. The van der Waals surface area contributed by atoms with Crippen LogP contribution >= 0.6 is 0 Å². The highest BCUT2D eigenvalue weighted by atomic mass is 16.5. The number of aryl methyl sites for hydroxylation is 1. The Morgan fingerprint density at radius 3 is 2.77 bits per heavy atom. The van der Waals surface area contributed by atoms with E-state index in [-0.39, 0.29) is 23.0 Å². The van der Waals surface area contributed by atoms with Gasteiger partial charge in [0.05, 0.1) is 18.4 Å². The second kappa shape index (κ2) is 6.55. The van der Waals surface area contributed by atoms with Gasteiger partial charge in [-0.2, -0.15) is 0 Å². The van der Waals surface area contributed by atoms with Crippen molar-refractivity contribution in [1.82, 2.24) is 19.9 Å². The van der Waals surface area contributed by atoms with Gasteiger partial charge in [-0.05, 0) is 31.9 Å². The molecule has 0 radical (unpaired) electrons. The molecule has 0 N–H and O–H groups in total. The van der Waals surface area contributed by atoms with Crippen LogP contribution in [0, 0.1) is 12.3 Å². The largest absolute Gasteiger partial charge is 0.351 e. The average molecular weight is 354 g/mol. The smallest absolute Gasteiger partial charge is 0.292 e. The number of amides is 2. The molecule has 4 heterocycles. The Bertz CT molecular complexity index is 810. The van der Waals surface area contributed by atoms with Crippen LogP contribution in [0.2, 0.25) is 0 Å². The van der Waals surface area contributed by atoms with Gasteiger partial charge in [0.25, 0.3) is 5.91 Å². The molecule has 0 aliphatic carbocycles. The first-order valence-corrected chi connectivity index (χ1v) is 8.95. The number of hydrogen-bond donors (Lipinski definition) is 0. The van der Waals surface area contributed by atoms with Gasteiger partial charge in [-0.25, -0.2) is 0 Å². The van der Waals surface area contributed by atoms with Crippen molar-refractivity contribution in [2.75, 3.05) is 19.6 Å². The summed E-state index contributed by atoms with van der Waals surface area (Å²) in [5, 5.41) is 3.60. The van der Waals surface area contributed by atoms with Crippen molar-refractivity contribution in [2.45, 2.75) is 32.7 Å². The summed E-state index contributed by atoms with van der Waals surface area (Å²) in [6, 6.07) is 7.48. The summed E-state index contributed by atoms with van der Waals surface area (Å²) in [4.78, 5) is 33.1. The maximum absolute atomic E-state index is 12.5. The Balaban J connectivity index is 1.38. The Kier molecular flexibility index (Phi) is 4.22. The summed E-state index contributed by atoms with van der Waals surface area (Å²) < 4.78 is 4.97. The number of rotatable bonds is 3. The normalized spacial score (nSPS) is 19.3. The highest BCUT2D eigenvalue weighted by Gasteiger charge is 2.45. The maximum Gasteiger partial charge on any atom is 0.292 e.